The molecule has 2 heterocycles. The lowest BCUT2D eigenvalue weighted by molar-refractivity contribution is -0.113. The van der Waals surface area contributed by atoms with E-state index in [0.29, 0.717) is 10.1 Å². The normalized spacial score (nSPS) is 10.2. The minimum atomic E-state index is -0.130. The number of aromatic nitrogens is 3. The summed E-state index contributed by atoms with van der Waals surface area (Å²) < 4.78 is 0.772. The van der Waals surface area contributed by atoms with Crippen LogP contribution in [-0.4, -0.2) is 26.8 Å². The lowest BCUT2D eigenvalue weighted by Gasteiger charge is -1.98. The molecule has 0 aliphatic rings. The quantitative estimate of drug-likeness (QED) is 0.816. The Labute approximate surface area is 103 Å². The van der Waals surface area contributed by atoms with Gasteiger partial charge in [0.05, 0.1) is 11.9 Å². The molecule has 0 saturated carbocycles. The van der Waals surface area contributed by atoms with Crippen LogP contribution < -0.4 is 11.1 Å². The van der Waals surface area contributed by atoms with Crippen LogP contribution in [0.4, 0.5) is 10.1 Å². The molecule has 1 amide bonds. The van der Waals surface area contributed by atoms with Crippen LogP contribution in [0.1, 0.15) is 0 Å². The number of rotatable bonds is 4. The third-order valence-corrected chi connectivity index (χ3v) is 4.04. The molecule has 0 aromatic carbocycles. The van der Waals surface area contributed by atoms with Crippen molar-refractivity contribution in [3.8, 4) is 0 Å². The van der Waals surface area contributed by atoms with Crippen LogP contribution in [0.2, 0.25) is 0 Å². The van der Waals surface area contributed by atoms with E-state index in [0.717, 1.165) is 4.34 Å². The van der Waals surface area contributed by atoms with Gasteiger partial charge in [-0.2, -0.15) is 0 Å². The van der Waals surface area contributed by atoms with Crippen molar-refractivity contribution >= 4 is 50.5 Å². The molecule has 0 aliphatic carbocycles. The van der Waals surface area contributed by atoms with Crippen LogP contribution >= 0.6 is 34.4 Å². The number of nitrogens with two attached hydrogens (primary N) is 1. The molecular weight excluding hydrogens is 266 g/mol. The molecule has 2 aromatic heterocycles. The van der Waals surface area contributed by atoms with Gasteiger partial charge in [0.15, 0.2) is 9.47 Å². The number of nitrogens with zero attached hydrogens (tertiary/aromatic N) is 3. The largest absolute Gasteiger partial charge is 0.389 e. The molecule has 9 heteroatoms. The maximum absolute atomic E-state index is 11.5. The van der Waals surface area contributed by atoms with Gasteiger partial charge in [-0.15, -0.1) is 10.2 Å². The highest BCUT2D eigenvalue weighted by atomic mass is 32.2. The van der Waals surface area contributed by atoms with E-state index in [9.17, 15) is 4.79 Å². The fraction of sp³-hybridized carbons (Fsp3) is 0.143. The second kappa shape index (κ2) is 5.23. The molecular formula is C7H7N5OS3. The molecule has 0 atom stereocenters. The number of hydrogen-bond donors (Lipinski definition) is 2. The zero-order valence-corrected chi connectivity index (χ0v) is 10.4. The van der Waals surface area contributed by atoms with Crippen molar-refractivity contribution < 1.29 is 4.79 Å². The Hall–Kier alpha value is -1.19. The molecule has 6 nitrogen and oxygen atoms in total. The molecule has 0 spiro atoms. The SMILES string of the molecule is Nc1cnc(NC(=O)CSc2nncs2)s1. The van der Waals surface area contributed by atoms with Gasteiger partial charge in [0, 0.05) is 0 Å². The number of thiazole rings is 1. The van der Waals surface area contributed by atoms with Gasteiger partial charge in [0.1, 0.15) is 10.5 Å². The van der Waals surface area contributed by atoms with Crippen molar-refractivity contribution in [1.82, 2.24) is 15.2 Å². The molecule has 0 fully saturated rings. The maximum Gasteiger partial charge on any atom is 0.236 e. The second-order valence-corrected chi connectivity index (χ2v) is 5.73. The van der Waals surface area contributed by atoms with E-state index in [-0.39, 0.29) is 11.7 Å². The van der Waals surface area contributed by atoms with Gasteiger partial charge >= 0.3 is 0 Å². The Morgan fingerprint density at radius 2 is 2.50 bits per heavy atom. The van der Waals surface area contributed by atoms with Crippen molar-refractivity contribution in [3.63, 3.8) is 0 Å². The number of hydrogen-bond acceptors (Lipinski definition) is 8. The minimum absolute atomic E-state index is 0.130. The summed E-state index contributed by atoms with van der Waals surface area (Å²) in [5.41, 5.74) is 7.12. The van der Waals surface area contributed by atoms with Gasteiger partial charge in [0.25, 0.3) is 0 Å². The van der Waals surface area contributed by atoms with Gasteiger partial charge in [-0.05, 0) is 0 Å². The smallest absolute Gasteiger partial charge is 0.236 e. The van der Waals surface area contributed by atoms with Crippen LogP contribution in [0.25, 0.3) is 0 Å². The first kappa shape index (κ1) is 11.3. The summed E-state index contributed by atoms with van der Waals surface area (Å²) in [5.74, 6) is 0.156. The Morgan fingerprint density at radius 1 is 1.62 bits per heavy atom. The van der Waals surface area contributed by atoms with Crippen molar-refractivity contribution in [2.24, 2.45) is 0 Å². The number of amides is 1. The molecule has 0 unspecified atom stereocenters. The van der Waals surface area contributed by atoms with Gasteiger partial charge in [0.2, 0.25) is 5.91 Å². The molecule has 0 radical (unpaired) electrons. The lowest BCUT2D eigenvalue weighted by Crippen LogP contribution is -2.13. The summed E-state index contributed by atoms with van der Waals surface area (Å²) in [6.45, 7) is 0. The van der Waals surface area contributed by atoms with Crippen LogP contribution in [0.5, 0.6) is 0 Å². The Bertz CT molecular complexity index is 468. The van der Waals surface area contributed by atoms with Crippen molar-refractivity contribution in [2.75, 3.05) is 16.8 Å². The molecule has 0 bridgehead atoms. The minimum Gasteiger partial charge on any atom is -0.389 e. The molecule has 2 aromatic rings. The zero-order valence-electron chi connectivity index (χ0n) is 7.91. The topological polar surface area (TPSA) is 93.8 Å². The maximum atomic E-state index is 11.5. The molecule has 16 heavy (non-hydrogen) atoms. The van der Waals surface area contributed by atoms with Gasteiger partial charge in [-0.25, -0.2) is 4.98 Å². The number of carbonyl (C=O) groups excluding carboxylic acids is 1. The van der Waals surface area contributed by atoms with Crippen molar-refractivity contribution in [2.45, 2.75) is 4.34 Å². The first-order valence-electron chi connectivity index (χ1n) is 4.14. The number of nitrogen functional groups attached to an aromatic ring is 1. The van der Waals surface area contributed by atoms with E-state index in [4.69, 9.17) is 5.73 Å². The van der Waals surface area contributed by atoms with E-state index in [1.807, 2.05) is 0 Å². The highest BCUT2D eigenvalue weighted by Gasteiger charge is 2.07. The fourth-order valence-electron chi connectivity index (χ4n) is 0.853. The average Bonchev–Trinajstić information content (AvgIpc) is 2.87. The van der Waals surface area contributed by atoms with E-state index < -0.39 is 0 Å². The monoisotopic (exact) mass is 273 g/mol. The lowest BCUT2D eigenvalue weighted by atomic mass is 10.7. The van der Waals surface area contributed by atoms with Crippen molar-refractivity contribution in [1.29, 1.82) is 0 Å². The van der Waals surface area contributed by atoms with Crippen LogP contribution in [0.3, 0.4) is 0 Å². The van der Waals surface area contributed by atoms with Crippen LogP contribution in [-0.2, 0) is 4.79 Å². The highest BCUT2D eigenvalue weighted by Crippen LogP contribution is 2.21. The van der Waals surface area contributed by atoms with E-state index in [1.54, 1.807) is 5.51 Å². The third kappa shape index (κ3) is 3.15. The molecule has 3 N–H and O–H groups in total. The molecule has 0 saturated heterocycles. The molecule has 84 valence electrons. The number of anilines is 2. The molecule has 0 aliphatic heterocycles. The average molecular weight is 273 g/mol. The van der Waals surface area contributed by atoms with E-state index >= 15 is 0 Å². The second-order valence-electron chi connectivity index (χ2n) is 2.61. The number of carbonyl (C=O) groups is 1. The van der Waals surface area contributed by atoms with Gasteiger partial charge in [-0.1, -0.05) is 34.4 Å². The Balaban J connectivity index is 1.81. The first-order chi connectivity index (χ1) is 7.74. The summed E-state index contributed by atoms with van der Waals surface area (Å²) in [5, 5.41) is 11.2. The van der Waals surface area contributed by atoms with E-state index in [1.165, 1.54) is 40.6 Å². The van der Waals surface area contributed by atoms with Crippen LogP contribution in [0, 0.1) is 0 Å². The third-order valence-electron chi connectivity index (χ3n) is 1.44. The Morgan fingerprint density at radius 3 is 3.12 bits per heavy atom. The van der Waals surface area contributed by atoms with Gasteiger partial charge in [-0.3, -0.25) is 4.79 Å². The van der Waals surface area contributed by atoms with Crippen molar-refractivity contribution in [3.05, 3.63) is 11.7 Å². The number of thioether (sulfide) groups is 1. The Kier molecular flexibility index (Phi) is 3.70. The summed E-state index contributed by atoms with van der Waals surface area (Å²) in [6, 6.07) is 0. The summed E-state index contributed by atoms with van der Waals surface area (Å²) in [4.78, 5) is 15.4. The molecule has 2 rings (SSSR count). The highest BCUT2D eigenvalue weighted by molar-refractivity contribution is 8.01. The van der Waals surface area contributed by atoms with E-state index in [2.05, 4.69) is 20.5 Å². The van der Waals surface area contributed by atoms with Crippen LogP contribution in [0.15, 0.2) is 16.0 Å². The summed E-state index contributed by atoms with van der Waals surface area (Å²) in [7, 11) is 0. The summed E-state index contributed by atoms with van der Waals surface area (Å²) in [6.07, 6.45) is 1.51. The first-order valence-corrected chi connectivity index (χ1v) is 6.82. The summed E-state index contributed by atoms with van der Waals surface area (Å²) >= 11 is 3.98. The number of nitrogens with one attached hydrogen (secondary N) is 1. The predicted octanol–water partition coefficient (Wildman–Crippen LogP) is 1.31. The fourth-order valence-corrected chi connectivity index (χ4v) is 2.74. The zero-order chi connectivity index (χ0) is 11.4. The predicted molar refractivity (Wildman–Crippen MR) is 65.8 cm³/mol. The standard InChI is InChI=1S/C7H7N5OS3/c8-4-1-9-6(16-4)11-5(13)2-14-7-12-10-3-15-7/h1,3H,2,8H2,(H,9,11,13). The van der Waals surface area contributed by atoms with Gasteiger partial charge < -0.3 is 11.1 Å².